The van der Waals surface area contributed by atoms with E-state index in [0.29, 0.717) is 40.3 Å². The minimum atomic E-state index is -5.03. The lowest BCUT2D eigenvalue weighted by molar-refractivity contribution is -0.117. The summed E-state index contributed by atoms with van der Waals surface area (Å²) in [7, 11) is -14.9. The zero-order valence-electron chi connectivity index (χ0n) is 26.7. The lowest BCUT2D eigenvalue weighted by atomic mass is 10.2. The van der Waals surface area contributed by atoms with Crippen LogP contribution < -0.4 is 16.1 Å². The number of carbonyl (C=O) groups excluding carboxylic acids is 2. The van der Waals surface area contributed by atoms with Crippen LogP contribution in [0, 0.1) is 6.92 Å². The Morgan fingerprint density at radius 1 is 0.769 bits per heavy atom. The number of nitrogens with one attached hydrogen (secondary N) is 1. The topological polar surface area (TPSA) is 300 Å². The van der Waals surface area contributed by atoms with Gasteiger partial charge < -0.3 is 11.1 Å². The quantitative estimate of drug-likeness (QED) is 0.0820. The maximum atomic E-state index is 13.2. The van der Waals surface area contributed by atoms with E-state index in [2.05, 4.69) is 30.9 Å². The Kier molecular flexibility index (Phi) is 10.2. The molecule has 19 nitrogen and oxygen atoms in total. The first kappa shape index (κ1) is 37.5. The van der Waals surface area contributed by atoms with Gasteiger partial charge in [-0.3, -0.25) is 23.2 Å². The number of nitrogens with two attached hydrogens (primary N) is 1. The molecule has 4 aromatic rings. The van der Waals surface area contributed by atoms with Gasteiger partial charge in [0, 0.05) is 11.3 Å². The molecule has 0 fully saturated rings. The Bertz CT molecular complexity index is 2560. The number of hydrazone groups is 1. The zero-order valence-corrected chi connectivity index (χ0v) is 29.1. The summed E-state index contributed by atoms with van der Waals surface area (Å²) in [5, 5.41) is 22.7. The molecule has 22 heteroatoms. The largest absolute Gasteiger partial charge is 0.399 e. The highest BCUT2D eigenvalue weighted by molar-refractivity contribution is 7.86. The maximum absolute atomic E-state index is 13.2. The van der Waals surface area contributed by atoms with Crippen molar-refractivity contribution in [3.05, 3.63) is 90.0 Å². The summed E-state index contributed by atoms with van der Waals surface area (Å²) < 4.78 is 101. The number of carbonyl (C=O) groups is 2. The second-order valence-electron chi connectivity index (χ2n) is 11.0. The van der Waals surface area contributed by atoms with Crippen LogP contribution in [0.25, 0.3) is 0 Å². The molecule has 2 amide bonds. The number of benzene rings is 4. The Balaban J connectivity index is 1.35. The fourth-order valence-electron chi connectivity index (χ4n) is 4.69. The molecule has 1 aliphatic heterocycles. The standard InChI is InChI=1S/C30H26N8O11S3/c1-16-13-19(31)5-10-23(16)35-33-20-6-3-18(4-7-20)29(39)32-24-11-8-21(14-27(24)52(47,48)49)34-36-28-17(2)37-38(30(28)40)25-15-22(50(41,42)43)9-12-26(25)51(44,45)46/h3-15,28H,31H2,1-2H3,(H,32,39)(H,41,42,43)(H,44,45,46)(H,47,48,49)/t28-/m0/s1. The normalized spacial score (nSPS) is 15.4. The van der Waals surface area contributed by atoms with E-state index >= 15 is 0 Å². The third-order valence-corrected chi connectivity index (χ3v) is 9.88. The summed E-state index contributed by atoms with van der Waals surface area (Å²) in [5.41, 5.74) is 6.89. The molecular weight excluding hydrogens is 745 g/mol. The summed E-state index contributed by atoms with van der Waals surface area (Å²) in [6, 6.07) is 14.5. The molecule has 0 spiro atoms. The molecule has 0 saturated heterocycles. The number of hydrogen-bond acceptors (Lipinski definition) is 14. The molecule has 0 bridgehead atoms. The molecule has 5 rings (SSSR count). The molecule has 270 valence electrons. The number of amides is 2. The molecular formula is C30H26N8O11S3. The highest BCUT2D eigenvalue weighted by atomic mass is 32.2. The van der Waals surface area contributed by atoms with Crippen molar-refractivity contribution < 1.29 is 48.5 Å². The van der Waals surface area contributed by atoms with Crippen molar-refractivity contribution in [1.82, 2.24) is 0 Å². The first-order valence-corrected chi connectivity index (χ1v) is 18.7. The van der Waals surface area contributed by atoms with E-state index in [4.69, 9.17) is 5.73 Å². The predicted octanol–water partition coefficient (Wildman–Crippen LogP) is 4.86. The Labute approximate surface area is 295 Å². The molecule has 1 atom stereocenters. The average Bonchev–Trinajstić information content (AvgIpc) is 3.34. The van der Waals surface area contributed by atoms with Crippen molar-refractivity contribution in [3.63, 3.8) is 0 Å². The van der Waals surface area contributed by atoms with Crippen molar-refractivity contribution in [3.8, 4) is 0 Å². The number of azo groups is 2. The van der Waals surface area contributed by atoms with Crippen LogP contribution in [0.15, 0.2) is 119 Å². The maximum Gasteiger partial charge on any atom is 0.296 e. The first-order chi connectivity index (χ1) is 24.2. The van der Waals surface area contributed by atoms with E-state index in [-0.39, 0.29) is 22.6 Å². The fraction of sp³-hybridized carbons (Fsp3) is 0.100. The van der Waals surface area contributed by atoms with Crippen molar-refractivity contribution in [2.24, 2.45) is 25.6 Å². The van der Waals surface area contributed by atoms with Crippen molar-refractivity contribution in [2.75, 3.05) is 16.1 Å². The number of hydrogen-bond donors (Lipinski definition) is 5. The van der Waals surface area contributed by atoms with Gasteiger partial charge in [0.1, 0.15) is 9.79 Å². The molecule has 4 aromatic carbocycles. The van der Waals surface area contributed by atoms with Gasteiger partial charge in [0.05, 0.1) is 39.0 Å². The van der Waals surface area contributed by atoms with Crippen LogP contribution in [0.5, 0.6) is 0 Å². The Morgan fingerprint density at radius 2 is 1.42 bits per heavy atom. The Hall–Kier alpha value is -5.78. The summed E-state index contributed by atoms with van der Waals surface area (Å²) in [6.45, 7) is 3.11. The molecule has 6 N–H and O–H groups in total. The summed E-state index contributed by atoms with van der Waals surface area (Å²) >= 11 is 0. The smallest absolute Gasteiger partial charge is 0.296 e. The highest BCUT2D eigenvalue weighted by Crippen LogP contribution is 2.33. The molecule has 0 saturated carbocycles. The SMILES string of the molecule is CC1=NN(c2cc(S(=O)(=O)O)ccc2S(=O)(=O)O)C(=O)[C@H]1N=Nc1ccc(NC(=O)c2ccc(N=Nc3ccc(N)cc3C)cc2)c(S(=O)(=O)O)c1. The molecule has 1 heterocycles. The zero-order chi connectivity index (χ0) is 38.2. The lowest BCUT2D eigenvalue weighted by Gasteiger charge is -2.16. The van der Waals surface area contributed by atoms with Gasteiger partial charge in [-0.05, 0) is 98.3 Å². The first-order valence-electron chi connectivity index (χ1n) is 14.4. The number of anilines is 3. The van der Waals surface area contributed by atoms with Gasteiger partial charge in [0.2, 0.25) is 0 Å². The van der Waals surface area contributed by atoms with E-state index < -0.39 is 68.6 Å². The van der Waals surface area contributed by atoms with Gasteiger partial charge in [-0.15, -0.1) is 0 Å². The molecule has 0 aliphatic carbocycles. The van der Waals surface area contributed by atoms with Crippen LogP contribution in [0.1, 0.15) is 22.8 Å². The number of nitrogen functional groups attached to an aromatic ring is 1. The van der Waals surface area contributed by atoms with E-state index in [1.54, 1.807) is 18.2 Å². The van der Waals surface area contributed by atoms with Gasteiger partial charge >= 0.3 is 0 Å². The minimum absolute atomic E-state index is 0.0842. The second kappa shape index (κ2) is 14.1. The average molecular weight is 771 g/mol. The van der Waals surface area contributed by atoms with Gasteiger partial charge in [-0.1, -0.05) is 0 Å². The Morgan fingerprint density at radius 3 is 2.04 bits per heavy atom. The van der Waals surface area contributed by atoms with E-state index in [1.807, 2.05) is 6.92 Å². The number of rotatable bonds is 10. The van der Waals surface area contributed by atoms with E-state index in [0.717, 1.165) is 17.7 Å². The van der Waals surface area contributed by atoms with Gasteiger partial charge in [0.15, 0.2) is 6.04 Å². The van der Waals surface area contributed by atoms with Gasteiger partial charge in [-0.25, -0.2) is 0 Å². The summed E-state index contributed by atoms with van der Waals surface area (Å²) in [6.07, 6.45) is 0. The van der Waals surface area contributed by atoms with Crippen LogP contribution in [0.3, 0.4) is 0 Å². The molecule has 1 aliphatic rings. The predicted molar refractivity (Wildman–Crippen MR) is 185 cm³/mol. The monoisotopic (exact) mass is 770 g/mol. The molecule has 52 heavy (non-hydrogen) atoms. The number of nitrogens with zero attached hydrogens (tertiary/aromatic N) is 6. The van der Waals surface area contributed by atoms with Crippen molar-refractivity contribution in [2.45, 2.75) is 34.6 Å². The minimum Gasteiger partial charge on any atom is -0.399 e. The van der Waals surface area contributed by atoms with Crippen LogP contribution >= 0.6 is 0 Å². The molecule has 0 aromatic heterocycles. The van der Waals surface area contributed by atoms with Crippen LogP contribution in [0.4, 0.5) is 34.1 Å². The summed E-state index contributed by atoms with van der Waals surface area (Å²) in [4.78, 5) is 23.7. The third-order valence-electron chi connectivity index (χ3n) is 7.23. The van der Waals surface area contributed by atoms with Gasteiger partial charge in [0.25, 0.3) is 42.2 Å². The van der Waals surface area contributed by atoms with Gasteiger partial charge in [-0.2, -0.15) is 55.8 Å². The van der Waals surface area contributed by atoms with E-state index in [9.17, 15) is 48.5 Å². The number of aryl methyl sites for hydroxylation is 1. The van der Waals surface area contributed by atoms with Crippen molar-refractivity contribution in [1.29, 1.82) is 0 Å². The van der Waals surface area contributed by atoms with Crippen LogP contribution in [-0.4, -0.2) is 62.5 Å². The summed E-state index contributed by atoms with van der Waals surface area (Å²) in [5.74, 6) is -1.81. The van der Waals surface area contributed by atoms with Crippen LogP contribution in [-0.2, 0) is 35.1 Å². The van der Waals surface area contributed by atoms with Crippen molar-refractivity contribution >= 4 is 82.0 Å². The highest BCUT2D eigenvalue weighted by Gasteiger charge is 2.38. The van der Waals surface area contributed by atoms with Crippen LogP contribution in [0.2, 0.25) is 0 Å². The van der Waals surface area contributed by atoms with E-state index in [1.165, 1.54) is 37.3 Å². The molecule has 0 unspecified atom stereocenters. The third kappa shape index (κ3) is 8.39. The second-order valence-corrected chi connectivity index (χ2v) is 15.2. The fourth-order valence-corrected chi connectivity index (χ4v) is 6.51. The molecule has 0 radical (unpaired) electrons. The lowest BCUT2D eigenvalue weighted by Crippen LogP contribution is -2.30.